The van der Waals surface area contributed by atoms with Crippen molar-refractivity contribution in [2.45, 2.75) is 26.7 Å². The fourth-order valence-electron chi connectivity index (χ4n) is 1.66. The van der Waals surface area contributed by atoms with Crippen molar-refractivity contribution < 1.29 is 14.7 Å². The monoisotopic (exact) mass is 289 g/mol. The van der Waals surface area contributed by atoms with E-state index < -0.39 is 11.4 Å². The molecule has 1 aromatic rings. The molecule has 100 valence electrons. The van der Waals surface area contributed by atoms with Gasteiger partial charge in [0.1, 0.15) is 4.88 Å². The number of rotatable bonds is 6. The average molecular weight is 290 g/mol. The minimum Gasteiger partial charge on any atom is -0.481 e. The molecule has 4 nitrogen and oxygen atoms in total. The van der Waals surface area contributed by atoms with Gasteiger partial charge in [-0.1, -0.05) is 25.4 Å². The van der Waals surface area contributed by atoms with Gasteiger partial charge in [0.05, 0.1) is 10.4 Å². The summed E-state index contributed by atoms with van der Waals surface area (Å²) in [6, 6.07) is 1.64. The van der Waals surface area contributed by atoms with Gasteiger partial charge in [-0.2, -0.15) is 0 Å². The summed E-state index contributed by atoms with van der Waals surface area (Å²) in [5.74, 6) is -1.20. The largest absolute Gasteiger partial charge is 0.481 e. The average Bonchev–Trinajstić information content (AvgIpc) is 2.77. The van der Waals surface area contributed by atoms with Crippen LogP contribution >= 0.6 is 22.9 Å². The third kappa shape index (κ3) is 3.03. The van der Waals surface area contributed by atoms with Crippen molar-refractivity contribution in [1.29, 1.82) is 0 Å². The third-order valence-electron chi connectivity index (χ3n) is 3.22. The maximum Gasteiger partial charge on any atom is 0.311 e. The molecule has 0 bridgehead atoms. The quantitative estimate of drug-likeness (QED) is 0.846. The van der Waals surface area contributed by atoms with E-state index in [1.807, 2.05) is 13.8 Å². The highest BCUT2D eigenvalue weighted by Crippen LogP contribution is 2.27. The third-order valence-corrected chi connectivity index (χ3v) is 4.56. The number of hydrogen-bond acceptors (Lipinski definition) is 3. The Labute approximate surface area is 115 Å². The zero-order chi connectivity index (χ0) is 13.8. The van der Waals surface area contributed by atoms with Gasteiger partial charge >= 0.3 is 5.97 Å². The molecule has 0 spiro atoms. The topological polar surface area (TPSA) is 66.4 Å². The van der Waals surface area contributed by atoms with Crippen LogP contribution in [0.1, 0.15) is 36.4 Å². The highest BCUT2D eigenvalue weighted by molar-refractivity contribution is 7.12. The van der Waals surface area contributed by atoms with Crippen molar-refractivity contribution >= 4 is 34.8 Å². The first-order valence-electron chi connectivity index (χ1n) is 5.71. The maximum atomic E-state index is 11.8. The lowest BCUT2D eigenvalue weighted by Gasteiger charge is -2.26. The zero-order valence-corrected chi connectivity index (χ0v) is 11.9. The molecule has 0 saturated carbocycles. The number of carbonyl (C=O) groups is 2. The standard InChI is InChI=1S/C12H16ClNO3S/c1-3-12(4-2,11(16)17)7-14-10(15)9-8(13)5-6-18-9/h5-6H,3-4,7H2,1-2H3,(H,14,15)(H,16,17). The summed E-state index contributed by atoms with van der Waals surface area (Å²) >= 11 is 7.09. The van der Waals surface area contributed by atoms with Gasteiger partial charge in [-0.05, 0) is 24.3 Å². The van der Waals surface area contributed by atoms with Crippen LogP contribution in [-0.4, -0.2) is 23.5 Å². The SMILES string of the molecule is CCC(CC)(CNC(=O)c1sccc1Cl)C(=O)O. The summed E-state index contributed by atoms with van der Waals surface area (Å²) in [4.78, 5) is 23.5. The molecule has 0 aliphatic carbocycles. The Balaban J connectivity index is 2.72. The predicted molar refractivity (Wildman–Crippen MR) is 72.3 cm³/mol. The van der Waals surface area contributed by atoms with Crippen LogP contribution in [0.5, 0.6) is 0 Å². The number of amides is 1. The van der Waals surface area contributed by atoms with Crippen molar-refractivity contribution in [3.05, 3.63) is 21.3 Å². The Kier molecular flexibility index (Phi) is 5.16. The maximum absolute atomic E-state index is 11.8. The first-order chi connectivity index (χ1) is 8.46. The molecule has 1 amide bonds. The van der Waals surface area contributed by atoms with Gasteiger partial charge < -0.3 is 10.4 Å². The van der Waals surface area contributed by atoms with Crippen LogP contribution < -0.4 is 5.32 Å². The van der Waals surface area contributed by atoms with Gasteiger partial charge in [-0.15, -0.1) is 11.3 Å². The Bertz CT molecular complexity index is 440. The summed E-state index contributed by atoms with van der Waals surface area (Å²) in [5, 5.41) is 14.0. The second kappa shape index (κ2) is 6.20. The van der Waals surface area contributed by atoms with Crippen molar-refractivity contribution in [2.75, 3.05) is 6.54 Å². The van der Waals surface area contributed by atoms with Crippen molar-refractivity contribution in [2.24, 2.45) is 5.41 Å². The lowest BCUT2D eigenvalue weighted by molar-refractivity contribution is -0.149. The fraction of sp³-hybridized carbons (Fsp3) is 0.500. The smallest absolute Gasteiger partial charge is 0.311 e. The van der Waals surface area contributed by atoms with Crippen molar-refractivity contribution in [3.8, 4) is 0 Å². The molecule has 0 aromatic carbocycles. The van der Waals surface area contributed by atoms with E-state index >= 15 is 0 Å². The van der Waals surface area contributed by atoms with Gasteiger partial charge in [0.15, 0.2) is 0 Å². The normalized spacial score (nSPS) is 11.3. The van der Waals surface area contributed by atoms with E-state index in [4.69, 9.17) is 11.6 Å². The molecule has 6 heteroatoms. The molecular weight excluding hydrogens is 274 g/mol. The van der Waals surface area contributed by atoms with Crippen LogP contribution in [0.15, 0.2) is 11.4 Å². The minimum atomic E-state index is -0.903. The van der Waals surface area contributed by atoms with E-state index in [1.54, 1.807) is 11.4 Å². The molecule has 18 heavy (non-hydrogen) atoms. The Hall–Kier alpha value is -1.07. The number of carboxylic acid groups (broad SMARTS) is 1. The van der Waals surface area contributed by atoms with Crippen LogP contribution in [0.25, 0.3) is 0 Å². The molecule has 0 aliphatic rings. The Morgan fingerprint density at radius 1 is 1.44 bits per heavy atom. The second-order valence-electron chi connectivity index (χ2n) is 4.07. The lowest BCUT2D eigenvalue weighted by Crippen LogP contribution is -2.42. The molecule has 0 saturated heterocycles. The van der Waals surface area contributed by atoms with Crippen LogP contribution in [-0.2, 0) is 4.79 Å². The Morgan fingerprint density at radius 2 is 2.06 bits per heavy atom. The van der Waals surface area contributed by atoms with Crippen molar-refractivity contribution in [1.82, 2.24) is 5.32 Å². The number of nitrogens with one attached hydrogen (secondary N) is 1. The van der Waals surface area contributed by atoms with Crippen molar-refractivity contribution in [3.63, 3.8) is 0 Å². The number of carbonyl (C=O) groups excluding carboxylic acids is 1. The van der Waals surface area contributed by atoms with E-state index in [0.29, 0.717) is 22.7 Å². The molecule has 2 N–H and O–H groups in total. The fourth-order valence-corrected chi connectivity index (χ4v) is 2.72. The molecular formula is C12H16ClNO3S. The first-order valence-corrected chi connectivity index (χ1v) is 6.97. The van der Waals surface area contributed by atoms with E-state index in [1.165, 1.54) is 11.3 Å². The summed E-state index contributed by atoms with van der Waals surface area (Å²) in [6.07, 6.45) is 0.939. The van der Waals surface area contributed by atoms with Gasteiger partial charge in [-0.25, -0.2) is 0 Å². The molecule has 0 fully saturated rings. The van der Waals surface area contributed by atoms with Crippen LogP contribution in [0, 0.1) is 5.41 Å². The first kappa shape index (κ1) is 15.0. The van der Waals surface area contributed by atoms with E-state index in [0.717, 1.165) is 0 Å². The van der Waals surface area contributed by atoms with Gasteiger partial charge in [0.25, 0.3) is 5.91 Å². The summed E-state index contributed by atoms with van der Waals surface area (Å²) in [5.41, 5.74) is -0.903. The molecule has 1 heterocycles. The van der Waals surface area contributed by atoms with E-state index in [2.05, 4.69) is 5.32 Å². The van der Waals surface area contributed by atoms with Gasteiger partial charge in [0, 0.05) is 6.54 Å². The summed E-state index contributed by atoms with van der Waals surface area (Å²) in [7, 11) is 0. The second-order valence-corrected chi connectivity index (χ2v) is 5.40. The van der Waals surface area contributed by atoms with Gasteiger partial charge in [-0.3, -0.25) is 9.59 Å². The minimum absolute atomic E-state index is 0.113. The van der Waals surface area contributed by atoms with Crippen LogP contribution in [0.3, 0.4) is 0 Å². The van der Waals surface area contributed by atoms with Gasteiger partial charge in [0.2, 0.25) is 0 Å². The Morgan fingerprint density at radius 3 is 2.44 bits per heavy atom. The number of carboxylic acids is 1. The summed E-state index contributed by atoms with van der Waals surface area (Å²) < 4.78 is 0. The number of aliphatic carboxylic acids is 1. The van der Waals surface area contributed by atoms with E-state index in [-0.39, 0.29) is 12.5 Å². The zero-order valence-electron chi connectivity index (χ0n) is 10.3. The van der Waals surface area contributed by atoms with E-state index in [9.17, 15) is 14.7 Å². The number of halogens is 1. The molecule has 0 aliphatic heterocycles. The molecule has 1 aromatic heterocycles. The number of thiophene rings is 1. The highest BCUT2D eigenvalue weighted by atomic mass is 35.5. The molecule has 1 rings (SSSR count). The molecule has 0 unspecified atom stereocenters. The molecule has 0 atom stereocenters. The van der Waals surface area contributed by atoms with Crippen LogP contribution in [0.2, 0.25) is 5.02 Å². The summed E-state index contributed by atoms with van der Waals surface area (Å²) in [6.45, 7) is 3.73. The highest BCUT2D eigenvalue weighted by Gasteiger charge is 2.35. The molecule has 0 radical (unpaired) electrons. The number of hydrogen-bond donors (Lipinski definition) is 2. The predicted octanol–water partition coefficient (Wildman–Crippen LogP) is 3.02. The van der Waals surface area contributed by atoms with Crippen LogP contribution in [0.4, 0.5) is 0 Å². The lowest BCUT2D eigenvalue weighted by atomic mass is 9.82.